The Labute approximate surface area is 143 Å². The van der Waals surface area contributed by atoms with Crippen LogP contribution in [0, 0.1) is 17.2 Å². The van der Waals surface area contributed by atoms with Crippen molar-refractivity contribution in [3.63, 3.8) is 0 Å². The second-order valence-corrected chi connectivity index (χ2v) is 7.78. The van der Waals surface area contributed by atoms with E-state index in [-0.39, 0.29) is 17.7 Å². The maximum absolute atomic E-state index is 14.7. The van der Waals surface area contributed by atoms with Crippen molar-refractivity contribution in [2.75, 3.05) is 7.05 Å². The van der Waals surface area contributed by atoms with Crippen LogP contribution in [0.25, 0.3) is 0 Å². The van der Waals surface area contributed by atoms with Gasteiger partial charge in [-0.25, -0.2) is 9.38 Å². The van der Waals surface area contributed by atoms with E-state index in [1.54, 1.807) is 33.9 Å². The van der Waals surface area contributed by atoms with E-state index in [9.17, 15) is 9.18 Å². The third-order valence-electron chi connectivity index (χ3n) is 5.30. The van der Waals surface area contributed by atoms with E-state index < -0.39 is 11.0 Å². The van der Waals surface area contributed by atoms with Gasteiger partial charge in [0.05, 0.1) is 5.41 Å². The van der Waals surface area contributed by atoms with Crippen molar-refractivity contribution in [1.82, 2.24) is 4.90 Å². The molecule has 0 saturated heterocycles. The first-order chi connectivity index (χ1) is 11.0. The van der Waals surface area contributed by atoms with Crippen molar-refractivity contribution in [3.05, 3.63) is 35.1 Å². The average molecular weight is 333 g/mol. The summed E-state index contributed by atoms with van der Waals surface area (Å²) in [6, 6.07) is 5.12. The first-order valence-electron chi connectivity index (χ1n) is 8.43. The lowest BCUT2D eigenvalue weighted by Gasteiger charge is -2.46. The molecule has 0 fully saturated rings. The second kappa shape index (κ2) is 6.19. The van der Waals surface area contributed by atoms with E-state index in [2.05, 4.69) is 18.8 Å². The highest BCUT2D eigenvalue weighted by Crippen LogP contribution is 2.47. The number of hydrogen-bond acceptors (Lipinski definition) is 3. The third-order valence-corrected chi connectivity index (χ3v) is 5.30. The highest BCUT2D eigenvalue weighted by atomic mass is 19.1. The number of nitrogens with zero attached hydrogens (tertiary/aromatic N) is 2. The van der Waals surface area contributed by atoms with E-state index in [1.165, 1.54) is 11.0 Å². The van der Waals surface area contributed by atoms with Gasteiger partial charge in [0.2, 0.25) is 5.91 Å². The first kappa shape index (κ1) is 18.4. The van der Waals surface area contributed by atoms with Gasteiger partial charge in [-0.3, -0.25) is 9.69 Å². The van der Waals surface area contributed by atoms with Crippen molar-refractivity contribution in [2.24, 2.45) is 22.1 Å². The molecule has 1 aromatic carbocycles. The summed E-state index contributed by atoms with van der Waals surface area (Å²) in [5.74, 6) is 0.176. The zero-order valence-electron chi connectivity index (χ0n) is 15.5. The predicted molar refractivity (Wildman–Crippen MR) is 95.1 cm³/mol. The van der Waals surface area contributed by atoms with Gasteiger partial charge >= 0.3 is 0 Å². The van der Waals surface area contributed by atoms with Gasteiger partial charge in [-0.15, -0.1) is 0 Å². The second-order valence-electron chi connectivity index (χ2n) is 7.78. The highest BCUT2D eigenvalue weighted by Gasteiger charge is 2.53. The van der Waals surface area contributed by atoms with Crippen LogP contribution in [-0.2, 0) is 16.8 Å². The molecular weight excluding hydrogens is 305 g/mol. The Hall–Kier alpha value is -1.91. The Balaban J connectivity index is 2.56. The van der Waals surface area contributed by atoms with Gasteiger partial charge in [0.15, 0.2) is 5.96 Å². The van der Waals surface area contributed by atoms with E-state index in [0.29, 0.717) is 11.5 Å². The molecule has 1 amide bonds. The monoisotopic (exact) mass is 333 g/mol. The van der Waals surface area contributed by atoms with Gasteiger partial charge < -0.3 is 5.73 Å². The van der Waals surface area contributed by atoms with Gasteiger partial charge in [-0.1, -0.05) is 26.0 Å². The van der Waals surface area contributed by atoms with Crippen molar-refractivity contribution >= 4 is 11.9 Å². The number of rotatable bonds is 4. The molecule has 0 unspecified atom stereocenters. The molecule has 0 saturated carbocycles. The Morgan fingerprint density at radius 2 is 1.92 bits per heavy atom. The number of aryl methyl sites for hydroxylation is 1. The number of guanidine groups is 1. The average Bonchev–Trinajstić information content (AvgIpc) is 2.50. The van der Waals surface area contributed by atoms with E-state index >= 15 is 0 Å². The highest BCUT2D eigenvalue weighted by molar-refractivity contribution is 6.01. The largest absolute Gasteiger partial charge is 0.369 e. The number of carbonyl (C=O) groups excluding carboxylic acids is 1. The number of amides is 1. The molecule has 4 nitrogen and oxygen atoms in total. The molecule has 0 aromatic heterocycles. The van der Waals surface area contributed by atoms with Crippen molar-refractivity contribution in [1.29, 1.82) is 0 Å². The van der Waals surface area contributed by atoms with E-state index in [0.717, 1.165) is 18.4 Å². The fraction of sp³-hybridized carbons (Fsp3) is 0.579. The van der Waals surface area contributed by atoms with Gasteiger partial charge in [0.1, 0.15) is 11.4 Å². The summed E-state index contributed by atoms with van der Waals surface area (Å²) in [4.78, 5) is 18.6. The fourth-order valence-electron chi connectivity index (χ4n) is 3.13. The zero-order chi connectivity index (χ0) is 18.3. The number of hydrogen-bond donors (Lipinski definition) is 1. The molecule has 24 heavy (non-hydrogen) atoms. The minimum atomic E-state index is -1.04. The minimum Gasteiger partial charge on any atom is -0.369 e. The Morgan fingerprint density at radius 3 is 2.50 bits per heavy atom. The number of carbonyl (C=O) groups is 1. The van der Waals surface area contributed by atoms with Crippen LogP contribution in [0.4, 0.5) is 4.39 Å². The normalized spacial score (nSPS) is 23.6. The number of aliphatic imine (C=N–C) groups is 1. The third kappa shape index (κ3) is 2.92. The molecule has 5 heteroatoms. The molecule has 1 atom stereocenters. The van der Waals surface area contributed by atoms with Crippen LogP contribution in [-0.4, -0.2) is 23.8 Å². The maximum atomic E-state index is 14.7. The van der Waals surface area contributed by atoms with Crippen LogP contribution in [0.3, 0.4) is 0 Å². The Bertz CT molecular complexity index is 681. The van der Waals surface area contributed by atoms with Crippen LogP contribution in [0.5, 0.6) is 0 Å². The lowest BCUT2D eigenvalue weighted by atomic mass is 9.67. The topological polar surface area (TPSA) is 58.7 Å². The molecule has 2 rings (SSSR count). The van der Waals surface area contributed by atoms with Crippen LogP contribution in [0.2, 0.25) is 0 Å². The van der Waals surface area contributed by atoms with Crippen molar-refractivity contribution in [2.45, 2.75) is 53.0 Å². The number of nitrogens with two attached hydrogens (primary N) is 1. The van der Waals surface area contributed by atoms with Crippen LogP contribution in [0.15, 0.2) is 23.2 Å². The van der Waals surface area contributed by atoms with Gasteiger partial charge in [0.25, 0.3) is 0 Å². The molecular formula is C19H28FN3O. The molecule has 0 radical (unpaired) electrons. The lowest BCUT2D eigenvalue weighted by molar-refractivity contribution is -0.140. The summed E-state index contributed by atoms with van der Waals surface area (Å²) < 4.78 is 14.7. The molecule has 132 valence electrons. The molecule has 0 bridgehead atoms. The van der Waals surface area contributed by atoms with Gasteiger partial charge in [0, 0.05) is 12.6 Å². The SMILES string of the molecule is CC(C)CCc1ccc(F)c([C@@]2(C)N=C(N)N(C)C(=O)C2(C)C)c1. The summed E-state index contributed by atoms with van der Waals surface area (Å²) in [6.45, 7) is 9.70. The summed E-state index contributed by atoms with van der Waals surface area (Å²) in [6.07, 6.45) is 1.90. The summed E-state index contributed by atoms with van der Waals surface area (Å²) in [7, 11) is 1.60. The van der Waals surface area contributed by atoms with Crippen LogP contribution >= 0.6 is 0 Å². The maximum Gasteiger partial charge on any atom is 0.237 e. The lowest BCUT2D eigenvalue weighted by Crippen LogP contribution is -2.58. The fourth-order valence-corrected chi connectivity index (χ4v) is 3.13. The molecule has 2 N–H and O–H groups in total. The molecule has 1 aliphatic heterocycles. The number of halogens is 1. The van der Waals surface area contributed by atoms with Gasteiger partial charge in [-0.05, 0) is 51.2 Å². The molecule has 1 heterocycles. The Kier molecular flexibility index (Phi) is 4.75. The van der Waals surface area contributed by atoms with Crippen molar-refractivity contribution < 1.29 is 9.18 Å². The summed E-state index contributed by atoms with van der Waals surface area (Å²) in [5, 5.41) is 0. The zero-order valence-corrected chi connectivity index (χ0v) is 15.5. The van der Waals surface area contributed by atoms with Crippen molar-refractivity contribution in [3.8, 4) is 0 Å². The molecule has 0 spiro atoms. The number of benzene rings is 1. The van der Waals surface area contributed by atoms with E-state index in [4.69, 9.17) is 5.73 Å². The first-order valence-corrected chi connectivity index (χ1v) is 8.43. The Morgan fingerprint density at radius 1 is 1.29 bits per heavy atom. The summed E-state index contributed by atoms with van der Waals surface area (Å²) >= 11 is 0. The predicted octanol–water partition coefficient (Wildman–Crippen LogP) is 3.44. The molecule has 1 aliphatic rings. The van der Waals surface area contributed by atoms with Gasteiger partial charge in [-0.2, -0.15) is 0 Å². The standard InChI is InChI=1S/C19H28FN3O/c1-12(2)7-8-13-9-10-15(20)14(11-13)19(5)18(3,4)16(24)23(6)17(21)22-19/h9-12H,7-8H2,1-6H3,(H2,21,22)/t19-/m1/s1. The van der Waals surface area contributed by atoms with E-state index in [1.807, 2.05) is 6.07 Å². The summed E-state index contributed by atoms with van der Waals surface area (Å²) in [5.41, 5.74) is 5.46. The quantitative estimate of drug-likeness (QED) is 0.917. The smallest absolute Gasteiger partial charge is 0.237 e. The minimum absolute atomic E-state index is 0.119. The molecule has 0 aliphatic carbocycles. The molecule has 1 aromatic rings. The van der Waals surface area contributed by atoms with Crippen LogP contribution < -0.4 is 5.73 Å². The van der Waals surface area contributed by atoms with Crippen LogP contribution in [0.1, 0.15) is 52.2 Å².